The molecule has 0 rings (SSSR count). The maximum absolute atomic E-state index is 12.9. The molecule has 0 aromatic rings. The standard InChI is InChI=1S/C44H88NO8P.CH4/c1-3-5-7-9-11-13-15-17-19-21-23-25-27-29-31-33-43(47)39-42(41-53-54(49,50)52-38-36-45-35-37-46)40-51-44(48)34-32-30-28-26-24-22-20-18-16-14-12-10-8-6-4-2;/h42,45-46H,3-41H2,1-2H3,(H,49,50);1H4/t42-;/m0./s1. The van der Waals surface area contributed by atoms with E-state index in [2.05, 4.69) is 19.2 Å². The molecule has 2 atom stereocenters. The number of aliphatic hydroxyl groups is 1. The summed E-state index contributed by atoms with van der Waals surface area (Å²) in [6.07, 6.45) is 38.9. The summed E-state index contributed by atoms with van der Waals surface area (Å²) in [4.78, 5) is 35.5. The molecule has 0 saturated heterocycles. The molecule has 0 aliphatic heterocycles. The van der Waals surface area contributed by atoms with Crippen LogP contribution in [0.15, 0.2) is 0 Å². The topological polar surface area (TPSA) is 131 Å². The van der Waals surface area contributed by atoms with Crippen molar-refractivity contribution in [1.29, 1.82) is 0 Å². The number of esters is 1. The fourth-order valence-electron chi connectivity index (χ4n) is 6.88. The van der Waals surface area contributed by atoms with Gasteiger partial charge in [0, 0.05) is 38.3 Å². The first-order valence-corrected chi connectivity index (χ1v) is 24.4. The molecule has 0 aromatic heterocycles. The number of ketones is 1. The first-order chi connectivity index (χ1) is 26.3. The molecule has 0 saturated carbocycles. The Morgan fingerprint density at radius 1 is 0.545 bits per heavy atom. The van der Waals surface area contributed by atoms with Gasteiger partial charge in [-0.3, -0.25) is 18.6 Å². The zero-order chi connectivity index (χ0) is 39.6. The van der Waals surface area contributed by atoms with E-state index in [0.29, 0.717) is 19.4 Å². The van der Waals surface area contributed by atoms with E-state index in [-0.39, 0.29) is 58.6 Å². The normalized spacial score (nSPS) is 13.0. The van der Waals surface area contributed by atoms with Gasteiger partial charge in [0.15, 0.2) is 0 Å². The molecule has 55 heavy (non-hydrogen) atoms. The summed E-state index contributed by atoms with van der Waals surface area (Å²) in [5.74, 6) is -0.767. The van der Waals surface area contributed by atoms with Gasteiger partial charge in [-0.25, -0.2) is 4.57 Å². The van der Waals surface area contributed by atoms with Crippen LogP contribution in [0.5, 0.6) is 0 Å². The Hall–Kier alpha value is -0.830. The molecule has 10 heteroatoms. The summed E-state index contributed by atoms with van der Waals surface area (Å²) >= 11 is 0. The molecule has 0 aliphatic rings. The van der Waals surface area contributed by atoms with Gasteiger partial charge in [-0.05, 0) is 12.8 Å². The summed E-state index contributed by atoms with van der Waals surface area (Å²) < 4.78 is 28.2. The third-order valence-electron chi connectivity index (χ3n) is 10.3. The molecule has 0 fully saturated rings. The maximum atomic E-state index is 12.9. The number of Topliss-reactive ketones (excluding diaryl/α,β-unsaturated/α-hetero) is 1. The number of ether oxygens (including phenoxy) is 1. The highest BCUT2D eigenvalue weighted by Gasteiger charge is 2.25. The van der Waals surface area contributed by atoms with Gasteiger partial charge in [-0.2, -0.15) is 0 Å². The highest BCUT2D eigenvalue weighted by molar-refractivity contribution is 7.47. The van der Waals surface area contributed by atoms with E-state index in [0.717, 1.165) is 38.5 Å². The van der Waals surface area contributed by atoms with Crippen molar-refractivity contribution in [2.24, 2.45) is 5.92 Å². The predicted octanol–water partition coefficient (Wildman–Crippen LogP) is 13.0. The number of rotatable bonds is 45. The van der Waals surface area contributed by atoms with Crippen molar-refractivity contribution in [3.63, 3.8) is 0 Å². The summed E-state index contributed by atoms with van der Waals surface area (Å²) in [7, 11) is -4.34. The zero-order valence-electron chi connectivity index (χ0n) is 35.4. The van der Waals surface area contributed by atoms with Gasteiger partial charge in [-0.15, -0.1) is 0 Å². The van der Waals surface area contributed by atoms with Crippen LogP contribution in [0.2, 0.25) is 0 Å². The molecule has 330 valence electrons. The highest BCUT2D eigenvalue weighted by Crippen LogP contribution is 2.43. The van der Waals surface area contributed by atoms with E-state index >= 15 is 0 Å². The van der Waals surface area contributed by atoms with Crippen LogP contribution in [-0.2, 0) is 27.9 Å². The Kier molecular flexibility index (Phi) is 45.3. The molecule has 3 N–H and O–H groups in total. The number of unbranched alkanes of at least 4 members (excludes halogenated alkanes) is 28. The first-order valence-electron chi connectivity index (χ1n) is 22.9. The molecule has 0 heterocycles. The van der Waals surface area contributed by atoms with Gasteiger partial charge in [0.1, 0.15) is 5.78 Å². The molecule has 1 unspecified atom stereocenters. The van der Waals surface area contributed by atoms with Crippen molar-refractivity contribution >= 4 is 19.6 Å². The first kappa shape index (κ1) is 56.3. The summed E-state index contributed by atoms with van der Waals surface area (Å²) in [5, 5.41) is 11.7. The molecule has 9 nitrogen and oxygen atoms in total. The van der Waals surface area contributed by atoms with E-state index < -0.39 is 13.7 Å². The van der Waals surface area contributed by atoms with E-state index in [4.69, 9.17) is 18.9 Å². The SMILES string of the molecule is C.CCCCCCCCCCCCCCCCCC(=O)C[C@@H](COC(=O)CCCCCCCCCCCCCCCCC)COP(=O)(O)OCCNCCO. The van der Waals surface area contributed by atoms with Crippen LogP contribution >= 0.6 is 7.82 Å². The number of phosphoric acid groups is 1. The summed E-state index contributed by atoms with van der Waals surface area (Å²) in [6.45, 7) is 4.82. The van der Waals surface area contributed by atoms with Crippen LogP contribution in [0.1, 0.15) is 233 Å². The van der Waals surface area contributed by atoms with Crippen molar-refractivity contribution in [2.75, 3.05) is 39.5 Å². The molecular weight excluding hydrogens is 713 g/mol. The minimum Gasteiger partial charge on any atom is -0.465 e. The van der Waals surface area contributed by atoms with Gasteiger partial charge in [0.05, 0.1) is 26.4 Å². The number of phosphoric ester groups is 1. The number of hydrogen-bond acceptors (Lipinski definition) is 8. The van der Waals surface area contributed by atoms with Crippen LogP contribution in [-0.4, -0.2) is 61.3 Å². The average molecular weight is 806 g/mol. The monoisotopic (exact) mass is 806 g/mol. The number of carbonyl (C=O) groups excluding carboxylic acids is 2. The molecule has 0 aromatic carbocycles. The van der Waals surface area contributed by atoms with Crippen molar-refractivity contribution < 1.29 is 37.9 Å². The lowest BCUT2D eigenvalue weighted by Crippen LogP contribution is -2.23. The fraction of sp³-hybridized carbons (Fsp3) is 0.956. The molecule has 0 bridgehead atoms. The Balaban J connectivity index is 0. The minimum atomic E-state index is -4.34. The van der Waals surface area contributed by atoms with E-state index in [1.807, 2.05) is 0 Å². The minimum absolute atomic E-state index is 0. The van der Waals surface area contributed by atoms with Crippen LogP contribution < -0.4 is 5.32 Å². The van der Waals surface area contributed by atoms with Gasteiger partial charge >= 0.3 is 13.8 Å². The predicted molar refractivity (Wildman–Crippen MR) is 232 cm³/mol. The lowest BCUT2D eigenvalue weighted by Gasteiger charge is -2.19. The Bertz CT molecular complexity index is 861. The fourth-order valence-corrected chi connectivity index (χ4v) is 7.68. The smallest absolute Gasteiger partial charge is 0.465 e. The second-order valence-corrected chi connectivity index (χ2v) is 17.2. The second-order valence-electron chi connectivity index (χ2n) is 15.8. The van der Waals surface area contributed by atoms with Crippen molar-refractivity contribution in [2.45, 2.75) is 233 Å². The highest BCUT2D eigenvalue weighted by atomic mass is 31.2. The van der Waals surface area contributed by atoms with Gasteiger partial charge in [0.25, 0.3) is 0 Å². The largest absolute Gasteiger partial charge is 0.472 e. The van der Waals surface area contributed by atoms with Crippen molar-refractivity contribution in [1.82, 2.24) is 5.32 Å². The average Bonchev–Trinajstić information content (AvgIpc) is 3.15. The Morgan fingerprint density at radius 3 is 1.33 bits per heavy atom. The number of hydrogen-bond donors (Lipinski definition) is 3. The van der Waals surface area contributed by atoms with Crippen LogP contribution in [0.25, 0.3) is 0 Å². The summed E-state index contributed by atoms with van der Waals surface area (Å²) in [6, 6.07) is 0. The Labute approximate surface area is 340 Å². The van der Waals surface area contributed by atoms with Crippen LogP contribution in [0, 0.1) is 5.92 Å². The zero-order valence-corrected chi connectivity index (χ0v) is 36.3. The van der Waals surface area contributed by atoms with E-state index in [1.165, 1.54) is 154 Å². The third-order valence-corrected chi connectivity index (χ3v) is 11.3. The number of nitrogens with one attached hydrogen (secondary N) is 1. The summed E-state index contributed by atoms with van der Waals surface area (Å²) in [5.41, 5.74) is 0. The second kappa shape index (κ2) is 44.3. The van der Waals surface area contributed by atoms with Gasteiger partial charge in [-0.1, -0.05) is 201 Å². The molecule has 0 radical (unpaired) electrons. The van der Waals surface area contributed by atoms with Crippen molar-refractivity contribution in [3.8, 4) is 0 Å². The Morgan fingerprint density at radius 2 is 0.927 bits per heavy atom. The van der Waals surface area contributed by atoms with Crippen LogP contribution in [0.4, 0.5) is 0 Å². The van der Waals surface area contributed by atoms with Crippen molar-refractivity contribution in [3.05, 3.63) is 0 Å². The van der Waals surface area contributed by atoms with E-state index in [9.17, 15) is 19.0 Å². The van der Waals surface area contributed by atoms with Gasteiger partial charge < -0.3 is 20.1 Å². The third kappa shape index (κ3) is 44.1. The van der Waals surface area contributed by atoms with E-state index in [1.54, 1.807) is 0 Å². The lowest BCUT2D eigenvalue weighted by atomic mass is 9.99. The van der Waals surface area contributed by atoms with Crippen LogP contribution in [0.3, 0.4) is 0 Å². The molecule has 0 amide bonds. The molecular formula is C45H92NO8P. The number of carbonyl (C=O) groups is 2. The molecule has 0 aliphatic carbocycles. The maximum Gasteiger partial charge on any atom is 0.472 e. The molecule has 0 spiro atoms. The number of aliphatic hydroxyl groups excluding tert-OH is 1. The van der Waals surface area contributed by atoms with Gasteiger partial charge in [0.2, 0.25) is 0 Å². The lowest BCUT2D eigenvalue weighted by molar-refractivity contribution is -0.146. The quantitative estimate of drug-likeness (QED) is 0.0313.